The van der Waals surface area contributed by atoms with Gasteiger partial charge in [0.25, 0.3) is 0 Å². The van der Waals surface area contributed by atoms with Gasteiger partial charge in [0.05, 0.1) is 11.2 Å². The van der Waals surface area contributed by atoms with E-state index in [0.717, 1.165) is 31.7 Å². The molecule has 0 radical (unpaired) electrons. The maximum atomic E-state index is 6.01. The van der Waals surface area contributed by atoms with E-state index in [2.05, 4.69) is 26.1 Å². The van der Waals surface area contributed by atoms with Crippen molar-refractivity contribution in [3.05, 3.63) is 52.0 Å². The van der Waals surface area contributed by atoms with Crippen molar-refractivity contribution in [1.29, 1.82) is 0 Å². The minimum absolute atomic E-state index is 0.720. The molecular formula is C13H8BrClN2. The maximum absolute atomic E-state index is 6.01. The number of benzene rings is 2. The quantitative estimate of drug-likeness (QED) is 0.697. The molecular weight excluding hydrogens is 300 g/mol. The van der Waals surface area contributed by atoms with Gasteiger partial charge < -0.3 is 0 Å². The zero-order valence-corrected chi connectivity index (χ0v) is 11.1. The summed E-state index contributed by atoms with van der Waals surface area (Å²) in [5.41, 5.74) is 2.99. The fraction of sp³-hybridized carbons (Fsp3) is 0. The van der Waals surface area contributed by atoms with E-state index in [1.165, 1.54) is 0 Å². The number of fused-ring (bicyclic) bond motifs is 1. The highest BCUT2D eigenvalue weighted by atomic mass is 79.9. The van der Waals surface area contributed by atoms with Crippen molar-refractivity contribution in [3.8, 4) is 11.3 Å². The third-order valence-corrected chi connectivity index (χ3v) is 3.41. The van der Waals surface area contributed by atoms with Crippen LogP contribution < -0.4 is 0 Å². The molecule has 0 saturated carbocycles. The Morgan fingerprint density at radius 3 is 2.59 bits per heavy atom. The lowest BCUT2D eigenvalue weighted by molar-refractivity contribution is 1.12. The van der Waals surface area contributed by atoms with Gasteiger partial charge in [0, 0.05) is 20.4 Å². The minimum Gasteiger partial charge on any atom is -0.277 e. The molecule has 0 fully saturated rings. The van der Waals surface area contributed by atoms with Crippen molar-refractivity contribution in [2.45, 2.75) is 0 Å². The second-order valence-corrected chi connectivity index (χ2v) is 5.12. The molecule has 84 valence electrons. The van der Waals surface area contributed by atoms with Crippen LogP contribution in [-0.4, -0.2) is 10.2 Å². The van der Waals surface area contributed by atoms with Gasteiger partial charge in [-0.3, -0.25) is 5.10 Å². The Morgan fingerprint density at radius 2 is 1.82 bits per heavy atom. The van der Waals surface area contributed by atoms with Crippen LogP contribution in [0.25, 0.3) is 22.2 Å². The lowest BCUT2D eigenvalue weighted by Gasteiger charge is -1.98. The van der Waals surface area contributed by atoms with Crippen molar-refractivity contribution < 1.29 is 0 Å². The van der Waals surface area contributed by atoms with E-state index >= 15 is 0 Å². The van der Waals surface area contributed by atoms with Crippen LogP contribution in [0.2, 0.25) is 5.02 Å². The Balaban J connectivity index is 2.23. The molecule has 3 aromatic rings. The van der Waals surface area contributed by atoms with Crippen LogP contribution in [0.3, 0.4) is 0 Å². The highest BCUT2D eigenvalue weighted by molar-refractivity contribution is 9.10. The smallest absolute Gasteiger partial charge is 0.0999 e. The maximum Gasteiger partial charge on any atom is 0.0999 e. The van der Waals surface area contributed by atoms with E-state index < -0.39 is 0 Å². The zero-order valence-electron chi connectivity index (χ0n) is 8.74. The molecule has 0 aliphatic carbocycles. The summed E-state index contributed by atoms with van der Waals surface area (Å²) in [5.74, 6) is 0. The van der Waals surface area contributed by atoms with Gasteiger partial charge in [0.15, 0.2) is 0 Å². The molecule has 4 heteroatoms. The van der Waals surface area contributed by atoms with Crippen molar-refractivity contribution in [2.75, 3.05) is 0 Å². The van der Waals surface area contributed by atoms with Gasteiger partial charge in [0.2, 0.25) is 0 Å². The summed E-state index contributed by atoms with van der Waals surface area (Å²) in [7, 11) is 0. The highest BCUT2D eigenvalue weighted by Gasteiger charge is 2.08. The first kappa shape index (κ1) is 10.8. The Morgan fingerprint density at radius 1 is 1.06 bits per heavy atom. The molecule has 0 aliphatic rings. The van der Waals surface area contributed by atoms with Crippen LogP contribution in [0.4, 0.5) is 0 Å². The lowest BCUT2D eigenvalue weighted by atomic mass is 10.1. The number of hydrogen-bond donors (Lipinski definition) is 1. The number of nitrogens with zero attached hydrogens (tertiary/aromatic N) is 1. The summed E-state index contributed by atoms with van der Waals surface area (Å²) in [4.78, 5) is 0. The Kier molecular flexibility index (Phi) is 2.65. The van der Waals surface area contributed by atoms with Crippen molar-refractivity contribution in [1.82, 2.24) is 10.2 Å². The highest BCUT2D eigenvalue weighted by Crippen LogP contribution is 2.29. The van der Waals surface area contributed by atoms with Gasteiger partial charge in [-0.15, -0.1) is 0 Å². The number of aromatic nitrogens is 2. The molecule has 0 bridgehead atoms. The summed E-state index contributed by atoms with van der Waals surface area (Å²) in [6.45, 7) is 0. The average molecular weight is 308 g/mol. The van der Waals surface area contributed by atoms with Crippen LogP contribution in [0.15, 0.2) is 46.9 Å². The van der Waals surface area contributed by atoms with E-state index in [9.17, 15) is 0 Å². The van der Waals surface area contributed by atoms with Gasteiger partial charge in [-0.25, -0.2) is 0 Å². The Labute approximate surface area is 112 Å². The Bertz CT molecular complexity index is 673. The normalized spacial score (nSPS) is 10.9. The van der Waals surface area contributed by atoms with Gasteiger partial charge >= 0.3 is 0 Å². The van der Waals surface area contributed by atoms with Crippen LogP contribution in [0.1, 0.15) is 0 Å². The Hall–Kier alpha value is -1.32. The van der Waals surface area contributed by atoms with Crippen LogP contribution in [0.5, 0.6) is 0 Å². The summed E-state index contributed by atoms with van der Waals surface area (Å²) < 4.78 is 1.05. The number of hydrogen-bond acceptors (Lipinski definition) is 1. The summed E-state index contributed by atoms with van der Waals surface area (Å²) >= 11 is 9.43. The molecule has 0 spiro atoms. The van der Waals surface area contributed by atoms with Crippen molar-refractivity contribution in [2.24, 2.45) is 0 Å². The topological polar surface area (TPSA) is 28.7 Å². The second-order valence-electron chi connectivity index (χ2n) is 3.77. The molecule has 0 aliphatic heterocycles. The van der Waals surface area contributed by atoms with Crippen molar-refractivity contribution >= 4 is 38.4 Å². The SMILES string of the molecule is Clc1ccc2[nH]nc(-c3ccc(Br)cc3)c2c1. The summed E-state index contributed by atoms with van der Waals surface area (Å²) in [5, 5.41) is 9.11. The molecule has 0 unspecified atom stereocenters. The number of aromatic amines is 1. The molecule has 1 heterocycles. The minimum atomic E-state index is 0.720. The summed E-state index contributed by atoms with van der Waals surface area (Å²) in [6.07, 6.45) is 0. The van der Waals surface area contributed by atoms with Crippen LogP contribution in [-0.2, 0) is 0 Å². The molecule has 0 amide bonds. The largest absolute Gasteiger partial charge is 0.277 e. The predicted molar refractivity (Wildman–Crippen MR) is 74.2 cm³/mol. The molecule has 1 N–H and O–H groups in total. The van der Waals surface area contributed by atoms with E-state index in [1.807, 2.05) is 42.5 Å². The molecule has 2 aromatic carbocycles. The van der Waals surface area contributed by atoms with Gasteiger partial charge in [-0.1, -0.05) is 39.7 Å². The van der Waals surface area contributed by atoms with Crippen LogP contribution >= 0.6 is 27.5 Å². The average Bonchev–Trinajstić information content (AvgIpc) is 2.73. The first-order valence-electron chi connectivity index (χ1n) is 5.13. The molecule has 0 atom stereocenters. The first-order valence-corrected chi connectivity index (χ1v) is 6.31. The number of halogens is 2. The van der Waals surface area contributed by atoms with E-state index in [4.69, 9.17) is 11.6 Å². The van der Waals surface area contributed by atoms with E-state index in [1.54, 1.807) is 0 Å². The van der Waals surface area contributed by atoms with E-state index in [0.29, 0.717) is 0 Å². The number of H-pyrrole nitrogens is 1. The first-order chi connectivity index (χ1) is 8.24. The third-order valence-electron chi connectivity index (χ3n) is 2.64. The standard InChI is InChI=1S/C13H8BrClN2/c14-9-3-1-8(2-4-9)13-11-7-10(15)5-6-12(11)16-17-13/h1-7H,(H,16,17). The number of nitrogens with one attached hydrogen (secondary N) is 1. The zero-order chi connectivity index (χ0) is 11.8. The third kappa shape index (κ3) is 1.96. The molecule has 3 rings (SSSR count). The van der Waals surface area contributed by atoms with Gasteiger partial charge in [-0.05, 0) is 30.3 Å². The van der Waals surface area contributed by atoms with Gasteiger partial charge in [-0.2, -0.15) is 5.10 Å². The van der Waals surface area contributed by atoms with Gasteiger partial charge in [0.1, 0.15) is 0 Å². The van der Waals surface area contributed by atoms with Crippen LogP contribution in [0, 0.1) is 0 Å². The lowest BCUT2D eigenvalue weighted by Crippen LogP contribution is -1.78. The van der Waals surface area contributed by atoms with E-state index in [-0.39, 0.29) is 0 Å². The monoisotopic (exact) mass is 306 g/mol. The fourth-order valence-corrected chi connectivity index (χ4v) is 2.25. The summed E-state index contributed by atoms with van der Waals surface area (Å²) in [6, 6.07) is 13.8. The van der Waals surface area contributed by atoms with Crippen molar-refractivity contribution in [3.63, 3.8) is 0 Å². The second kappa shape index (κ2) is 4.17. The molecule has 1 aromatic heterocycles. The fourth-order valence-electron chi connectivity index (χ4n) is 1.81. The molecule has 17 heavy (non-hydrogen) atoms. The molecule has 2 nitrogen and oxygen atoms in total. The number of rotatable bonds is 1. The molecule has 0 saturated heterocycles. The predicted octanol–water partition coefficient (Wildman–Crippen LogP) is 4.65.